The van der Waals surface area contributed by atoms with Gasteiger partial charge in [-0.05, 0) is 61.3 Å². The number of halogens is 1. The second-order valence-electron chi connectivity index (χ2n) is 10.6. The molecule has 0 amide bonds. The number of fused-ring (bicyclic) bond motifs is 1. The van der Waals surface area contributed by atoms with Crippen molar-refractivity contribution in [1.82, 2.24) is 19.3 Å². The Morgan fingerprint density at radius 1 is 0.952 bits per heavy atom. The lowest BCUT2D eigenvalue weighted by molar-refractivity contribution is 0.290. The fourth-order valence-electron chi connectivity index (χ4n) is 5.50. The summed E-state index contributed by atoms with van der Waals surface area (Å²) in [5.41, 5.74) is 3.96. The zero-order valence-corrected chi connectivity index (χ0v) is 24.0. The van der Waals surface area contributed by atoms with E-state index in [1.807, 2.05) is 30.5 Å². The number of likely N-dealkylation sites (tertiary alicyclic amines) is 1. The predicted molar refractivity (Wildman–Crippen MR) is 161 cm³/mol. The van der Waals surface area contributed by atoms with Crippen molar-refractivity contribution in [3.05, 3.63) is 102 Å². The highest BCUT2D eigenvalue weighted by Gasteiger charge is 2.30. The predicted octanol–water partition coefficient (Wildman–Crippen LogP) is 7.50. The van der Waals surface area contributed by atoms with E-state index in [4.69, 9.17) is 19.2 Å². The number of hydrogen-bond acceptors (Lipinski definition) is 6. The van der Waals surface area contributed by atoms with Crippen LogP contribution in [0.3, 0.4) is 0 Å². The molecule has 0 spiro atoms. The van der Waals surface area contributed by atoms with Gasteiger partial charge < -0.3 is 14.2 Å². The Morgan fingerprint density at radius 2 is 1.76 bits per heavy atom. The van der Waals surface area contributed by atoms with Crippen LogP contribution < -0.4 is 14.2 Å². The van der Waals surface area contributed by atoms with Gasteiger partial charge in [-0.2, -0.15) is 4.39 Å². The fourth-order valence-corrected chi connectivity index (χ4v) is 5.50. The molecule has 0 saturated carbocycles. The molecule has 0 bridgehead atoms. The Hall–Kier alpha value is -4.43. The van der Waals surface area contributed by atoms with Gasteiger partial charge in [0.15, 0.2) is 11.5 Å². The minimum atomic E-state index is -0.534. The van der Waals surface area contributed by atoms with Gasteiger partial charge in [-0.3, -0.25) is 14.3 Å². The first kappa shape index (κ1) is 27.7. The number of nitrogens with zero attached hydrogens (tertiary/aromatic N) is 4. The van der Waals surface area contributed by atoms with E-state index in [9.17, 15) is 4.39 Å². The second-order valence-corrected chi connectivity index (χ2v) is 10.6. The zero-order valence-electron chi connectivity index (χ0n) is 24.0. The van der Waals surface area contributed by atoms with Gasteiger partial charge in [0.25, 0.3) is 0 Å². The SMILES string of the molecule is CCCCOc1cncc2c(-c3ccc(Oc4cccc(OC)c4F)cc3)nc([C@@H]3CCN(Cc4ccccc4)C3)n12. The van der Waals surface area contributed by atoms with E-state index < -0.39 is 5.82 Å². The van der Waals surface area contributed by atoms with Crippen molar-refractivity contribution in [3.8, 4) is 34.4 Å². The third-order valence-corrected chi connectivity index (χ3v) is 7.68. The number of ether oxygens (including phenoxy) is 3. The van der Waals surface area contributed by atoms with Crippen LogP contribution in [0, 0.1) is 5.82 Å². The average Bonchev–Trinajstić information content (AvgIpc) is 3.64. The molecule has 6 rings (SSSR count). The maximum absolute atomic E-state index is 14.6. The summed E-state index contributed by atoms with van der Waals surface area (Å²) in [4.78, 5) is 12.2. The maximum atomic E-state index is 14.6. The molecular weight excluding hydrogens is 531 g/mol. The number of rotatable bonds is 11. The smallest absolute Gasteiger partial charge is 0.218 e. The van der Waals surface area contributed by atoms with Gasteiger partial charge in [0.1, 0.15) is 11.6 Å². The van der Waals surface area contributed by atoms with E-state index in [-0.39, 0.29) is 17.4 Å². The lowest BCUT2D eigenvalue weighted by atomic mass is 10.1. The molecule has 1 atom stereocenters. The summed E-state index contributed by atoms with van der Waals surface area (Å²) in [6, 6.07) is 23.0. The molecule has 1 fully saturated rings. The van der Waals surface area contributed by atoms with Crippen molar-refractivity contribution < 1.29 is 18.6 Å². The van der Waals surface area contributed by atoms with Crippen LogP contribution in [-0.2, 0) is 6.54 Å². The largest absolute Gasteiger partial charge is 0.494 e. The van der Waals surface area contributed by atoms with Crippen LogP contribution >= 0.6 is 0 Å². The summed E-state index contributed by atoms with van der Waals surface area (Å²) in [7, 11) is 1.43. The first-order valence-corrected chi connectivity index (χ1v) is 14.5. The molecule has 7 nitrogen and oxygen atoms in total. The summed E-state index contributed by atoms with van der Waals surface area (Å²) in [5, 5.41) is 0. The number of imidazole rings is 1. The first-order chi connectivity index (χ1) is 20.6. The highest BCUT2D eigenvalue weighted by molar-refractivity contribution is 5.78. The van der Waals surface area contributed by atoms with E-state index in [1.165, 1.54) is 12.7 Å². The number of unbranched alkanes of at least 4 members (excludes halogenated alkanes) is 1. The number of aromatic nitrogens is 3. The van der Waals surface area contributed by atoms with Crippen LogP contribution in [0.1, 0.15) is 43.5 Å². The summed E-state index contributed by atoms with van der Waals surface area (Å²) in [6.45, 7) is 5.63. The third kappa shape index (κ3) is 5.81. The Morgan fingerprint density at radius 3 is 2.55 bits per heavy atom. The summed E-state index contributed by atoms with van der Waals surface area (Å²) < 4.78 is 33.9. The quantitative estimate of drug-likeness (QED) is 0.154. The summed E-state index contributed by atoms with van der Waals surface area (Å²) >= 11 is 0. The van der Waals surface area contributed by atoms with Gasteiger partial charge >= 0.3 is 0 Å². The van der Waals surface area contributed by atoms with Crippen LogP contribution in [0.25, 0.3) is 16.8 Å². The van der Waals surface area contributed by atoms with E-state index >= 15 is 0 Å². The van der Waals surface area contributed by atoms with Gasteiger partial charge in [0.2, 0.25) is 11.7 Å². The molecule has 3 aromatic carbocycles. The Bertz CT molecular complexity index is 1640. The zero-order chi connectivity index (χ0) is 28.9. The van der Waals surface area contributed by atoms with E-state index in [1.54, 1.807) is 24.4 Å². The third-order valence-electron chi connectivity index (χ3n) is 7.68. The van der Waals surface area contributed by atoms with Crippen molar-refractivity contribution in [2.75, 3.05) is 26.8 Å². The van der Waals surface area contributed by atoms with Crippen molar-refractivity contribution in [2.45, 2.75) is 38.6 Å². The van der Waals surface area contributed by atoms with Crippen molar-refractivity contribution >= 4 is 5.52 Å². The van der Waals surface area contributed by atoms with Gasteiger partial charge in [-0.1, -0.05) is 49.7 Å². The Labute approximate surface area is 245 Å². The molecule has 8 heteroatoms. The standard InChI is InChI=1S/C34H35FN4O3/c1-3-4-19-41-31-21-36-20-28-33(25-13-15-27(16-14-25)42-30-12-8-11-29(40-2)32(30)35)37-34(39(28)31)26-17-18-38(23-26)22-24-9-6-5-7-10-24/h5-16,20-21,26H,3-4,17-19,22-23H2,1-2H3/t26-/m1/s1. The second kappa shape index (κ2) is 12.6. The summed E-state index contributed by atoms with van der Waals surface area (Å²) in [5.74, 6) is 2.19. The molecule has 1 aliphatic rings. The van der Waals surface area contributed by atoms with Gasteiger partial charge in [-0.25, -0.2) is 4.98 Å². The molecular formula is C34H35FN4O3. The Balaban J connectivity index is 1.31. The highest BCUT2D eigenvalue weighted by atomic mass is 19.1. The van der Waals surface area contributed by atoms with Crippen LogP contribution in [0.15, 0.2) is 85.2 Å². The van der Waals surface area contributed by atoms with Gasteiger partial charge in [-0.15, -0.1) is 0 Å². The average molecular weight is 567 g/mol. The van der Waals surface area contributed by atoms with Crippen LogP contribution in [0.5, 0.6) is 23.1 Å². The molecule has 0 aliphatic carbocycles. The molecule has 5 aromatic rings. The lowest BCUT2D eigenvalue weighted by Gasteiger charge is -2.16. The van der Waals surface area contributed by atoms with Crippen LogP contribution in [-0.4, -0.2) is 46.1 Å². The molecule has 1 aliphatic heterocycles. The summed E-state index contributed by atoms with van der Waals surface area (Å²) in [6.07, 6.45) is 6.67. The fraction of sp³-hybridized carbons (Fsp3) is 0.294. The molecule has 0 radical (unpaired) electrons. The first-order valence-electron chi connectivity index (χ1n) is 14.5. The Kier molecular flexibility index (Phi) is 8.33. The molecule has 0 N–H and O–H groups in total. The molecule has 1 saturated heterocycles. The number of benzene rings is 3. The molecule has 0 unspecified atom stereocenters. The molecule has 3 heterocycles. The van der Waals surface area contributed by atoms with Crippen LogP contribution in [0.4, 0.5) is 4.39 Å². The van der Waals surface area contributed by atoms with Crippen molar-refractivity contribution in [1.29, 1.82) is 0 Å². The van der Waals surface area contributed by atoms with Gasteiger partial charge in [0.05, 0.1) is 37.3 Å². The lowest BCUT2D eigenvalue weighted by Crippen LogP contribution is -2.20. The minimum absolute atomic E-state index is 0.108. The molecule has 42 heavy (non-hydrogen) atoms. The van der Waals surface area contributed by atoms with Crippen molar-refractivity contribution in [3.63, 3.8) is 0 Å². The normalized spacial score (nSPS) is 15.3. The number of methoxy groups -OCH3 is 1. The number of hydrogen-bond donors (Lipinski definition) is 0. The topological polar surface area (TPSA) is 61.1 Å². The monoisotopic (exact) mass is 566 g/mol. The van der Waals surface area contributed by atoms with E-state index in [2.05, 4.69) is 51.5 Å². The maximum Gasteiger partial charge on any atom is 0.218 e. The molecule has 216 valence electrons. The van der Waals surface area contributed by atoms with Gasteiger partial charge in [0, 0.05) is 24.6 Å². The molecule has 2 aromatic heterocycles. The minimum Gasteiger partial charge on any atom is -0.494 e. The van der Waals surface area contributed by atoms with E-state index in [0.29, 0.717) is 18.2 Å². The van der Waals surface area contributed by atoms with E-state index in [0.717, 1.165) is 61.5 Å². The van der Waals surface area contributed by atoms with Crippen LogP contribution in [0.2, 0.25) is 0 Å². The van der Waals surface area contributed by atoms with Crippen molar-refractivity contribution in [2.24, 2.45) is 0 Å². The highest BCUT2D eigenvalue weighted by Crippen LogP contribution is 2.36.